The van der Waals surface area contributed by atoms with Crippen molar-refractivity contribution in [2.75, 3.05) is 0 Å². The molecule has 3 rings (SSSR count). The first-order chi connectivity index (χ1) is 15.1. The lowest BCUT2D eigenvalue weighted by atomic mass is 9.87. The number of aromatic nitrogens is 2. The van der Waals surface area contributed by atoms with Crippen molar-refractivity contribution in [3.8, 4) is 22.8 Å². The maximum Gasteiger partial charge on any atom is 0.167 e. The molecule has 166 valence electrons. The van der Waals surface area contributed by atoms with Gasteiger partial charge in [-0.05, 0) is 30.5 Å². The van der Waals surface area contributed by atoms with E-state index in [1.165, 1.54) is 0 Å². The van der Waals surface area contributed by atoms with Gasteiger partial charge in [0.1, 0.15) is 24.4 Å². The molecule has 0 saturated carbocycles. The zero-order valence-electron chi connectivity index (χ0n) is 18.5. The van der Waals surface area contributed by atoms with Crippen molar-refractivity contribution in [2.45, 2.75) is 40.7 Å². The van der Waals surface area contributed by atoms with Crippen LogP contribution in [0.2, 0.25) is 5.02 Å². The molecule has 0 bridgehead atoms. The molecule has 0 radical (unpaired) electrons. The Kier molecular flexibility index (Phi) is 6.94. The monoisotopic (exact) mass is 452 g/mol. The molecule has 7 heteroatoms. The van der Waals surface area contributed by atoms with Gasteiger partial charge < -0.3 is 9.84 Å². The van der Waals surface area contributed by atoms with Gasteiger partial charge in [0.25, 0.3) is 0 Å². The van der Waals surface area contributed by atoms with Crippen LogP contribution < -0.4 is 4.74 Å². The molecule has 0 aliphatic heterocycles. The van der Waals surface area contributed by atoms with E-state index in [0.717, 1.165) is 6.29 Å². The number of Topliss-reactive ketones (excluding diaryl/α,β-unsaturated/α-hetero) is 1. The number of phenols is 1. The van der Waals surface area contributed by atoms with E-state index < -0.39 is 0 Å². The molecule has 0 spiro atoms. The fourth-order valence-corrected chi connectivity index (χ4v) is 3.46. The number of hydrogen-bond acceptors (Lipinski definition) is 6. The number of ether oxygens (including phenoxy) is 1. The van der Waals surface area contributed by atoms with E-state index in [0.29, 0.717) is 50.8 Å². The fraction of sp³-hybridized carbons (Fsp3) is 0.280. The Morgan fingerprint density at radius 3 is 2.50 bits per heavy atom. The first-order valence-electron chi connectivity index (χ1n) is 10.1. The highest BCUT2D eigenvalue weighted by molar-refractivity contribution is 6.33. The first-order valence-corrected chi connectivity index (χ1v) is 10.5. The van der Waals surface area contributed by atoms with E-state index in [1.54, 1.807) is 49.6 Å². The summed E-state index contributed by atoms with van der Waals surface area (Å²) in [5.74, 6) is 0.297. The molecule has 1 N–H and O–H groups in total. The van der Waals surface area contributed by atoms with Gasteiger partial charge in [-0.15, -0.1) is 0 Å². The summed E-state index contributed by atoms with van der Waals surface area (Å²) < 4.78 is 5.80. The Hall–Kier alpha value is -3.25. The summed E-state index contributed by atoms with van der Waals surface area (Å²) in [6.45, 7) is 7.78. The molecule has 6 nitrogen and oxygen atoms in total. The Bertz CT molecular complexity index is 1150. The molecule has 0 atom stereocenters. The van der Waals surface area contributed by atoms with E-state index in [-0.39, 0.29) is 23.6 Å². The van der Waals surface area contributed by atoms with Gasteiger partial charge in [0, 0.05) is 23.1 Å². The SMILES string of the molecule is Cc1c(OCc2cnc(-c3ccc(C=O)cc3Cl)cn2)ccc(C(=O)CC(C)(C)C)c1O. The number of rotatable bonds is 7. The summed E-state index contributed by atoms with van der Waals surface area (Å²) in [6.07, 6.45) is 4.23. The van der Waals surface area contributed by atoms with Crippen LogP contribution in [-0.4, -0.2) is 27.1 Å². The van der Waals surface area contributed by atoms with Crippen molar-refractivity contribution in [3.05, 3.63) is 70.1 Å². The van der Waals surface area contributed by atoms with E-state index in [1.807, 2.05) is 20.8 Å². The highest BCUT2D eigenvalue weighted by Crippen LogP contribution is 2.33. The van der Waals surface area contributed by atoms with Gasteiger partial charge in [0.05, 0.1) is 34.4 Å². The highest BCUT2D eigenvalue weighted by Gasteiger charge is 2.21. The Labute approximate surface area is 192 Å². The number of carbonyl (C=O) groups excluding carboxylic acids is 2. The molecule has 0 saturated heterocycles. The third-order valence-corrected chi connectivity index (χ3v) is 5.17. The summed E-state index contributed by atoms with van der Waals surface area (Å²) >= 11 is 6.23. The van der Waals surface area contributed by atoms with Crippen LogP contribution in [0.1, 0.15) is 59.2 Å². The van der Waals surface area contributed by atoms with Crippen molar-refractivity contribution in [1.82, 2.24) is 9.97 Å². The Morgan fingerprint density at radius 2 is 1.91 bits per heavy atom. The van der Waals surface area contributed by atoms with Gasteiger partial charge in [0.15, 0.2) is 5.78 Å². The zero-order valence-corrected chi connectivity index (χ0v) is 19.2. The smallest absolute Gasteiger partial charge is 0.167 e. The first kappa shape index (κ1) is 23.4. The number of nitrogens with zero attached hydrogens (tertiary/aromatic N) is 2. The van der Waals surface area contributed by atoms with Gasteiger partial charge in [0.2, 0.25) is 0 Å². The van der Waals surface area contributed by atoms with Crippen LogP contribution in [-0.2, 0) is 6.61 Å². The molecule has 1 heterocycles. The average Bonchev–Trinajstić information content (AvgIpc) is 2.74. The molecule has 1 aromatic heterocycles. The molecule has 0 unspecified atom stereocenters. The summed E-state index contributed by atoms with van der Waals surface area (Å²) in [5.41, 5.74) is 2.95. The third kappa shape index (κ3) is 5.51. The molecule has 32 heavy (non-hydrogen) atoms. The van der Waals surface area contributed by atoms with Gasteiger partial charge in [-0.1, -0.05) is 44.5 Å². The quantitative estimate of drug-likeness (QED) is 0.358. The number of benzene rings is 2. The van der Waals surface area contributed by atoms with Crippen LogP contribution in [0.5, 0.6) is 11.5 Å². The molecule has 0 aliphatic carbocycles. The summed E-state index contributed by atoms with van der Waals surface area (Å²) in [6, 6.07) is 8.24. The van der Waals surface area contributed by atoms with Crippen LogP contribution in [0.4, 0.5) is 0 Å². The maximum atomic E-state index is 12.5. The maximum absolute atomic E-state index is 12.5. The minimum absolute atomic E-state index is 0.0633. The summed E-state index contributed by atoms with van der Waals surface area (Å²) in [7, 11) is 0. The lowest BCUT2D eigenvalue weighted by Crippen LogP contribution is -2.13. The molecule has 0 fully saturated rings. The second-order valence-electron chi connectivity index (χ2n) is 8.78. The lowest BCUT2D eigenvalue weighted by Gasteiger charge is -2.18. The van der Waals surface area contributed by atoms with E-state index in [4.69, 9.17) is 16.3 Å². The predicted molar refractivity (Wildman–Crippen MR) is 123 cm³/mol. The standard InChI is InChI=1S/C25H25ClN2O4/c1-15-23(8-7-19(24(15)31)22(30)10-25(2,3)4)32-14-17-11-28-21(12-27-17)18-6-5-16(13-29)9-20(18)26/h5-9,11-13,31H,10,14H2,1-4H3. The van der Waals surface area contributed by atoms with Crippen molar-refractivity contribution < 1.29 is 19.4 Å². The summed E-state index contributed by atoms with van der Waals surface area (Å²) in [5, 5.41) is 10.9. The lowest BCUT2D eigenvalue weighted by molar-refractivity contribution is 0.0936. The number of carbonyl (C=O) groups is 2. The van der Waals surface area contributed by atoms with Crippen LogP contribution in [0.15, 0.2) is 42.7 Å². The molecule has 0 amide bonds. The van der Waals surface area contributed by atoms with Gasteiger partial charge in [-0.3, -0.25) is 19.6 Å². The van der Waals surface area contributed by atoms with Crippen LogP contribution in [0.25, 0.3) is 11.3 Å². The van der Waals surface area contributed by atoms with Crippen LogP contribution in [0, 0.1) is 12.3 Å². The number of hydrogen-bond donors (Lipinski definition) is 1. The normalized spacial score (nSPS) is 11.3. The highest BCUT2D eigenvalue weighted by atomic mass is 35.5. The third-order valence-electron chi connectivity index (χ3n) is 4.86. The van der Waals surface area contributed by atoms with Gasteiger partial charge >= 0.3 is 0 Å². The number of ketones is 1. The predicted octanol–water partition coefficient (Wildman–Crippen LogP) is 5.82. The fourth-order valence-electron chi connectivity index (χ4n) is 3.17. The Balaban J connectivity index is 1.71. The minimum atomic E-state index is -0.168. The number of phenolic OH excluding ortho intramolecular Hbond substituents is 1. The van der Waals surface area contributed by atoms with Crippen molar-refractivity contribution in [2.24, 2.45) is 5.41 Å². The summed E-state index contributed by atoms with van der Waals surface area (Å²) in [4.78, 5) is 32.1. The van der Waals surface area contributed by atoms with Crippen molar-refractivity contribution in [1.29, 1.82) is 0 Å². The van der Waals surface area contributed by atoms with Crippen LogP contribution >= 0.6 is 11.6 Å². The largest absolute Gasteiger partial charge is 0.507 e. The Morgan fingerprint density at radius 1 is 1.16 bits per heavy atom. The van der Waals surface area contributed by atoms with Gasteiger partial charge in [-0.2, -0.15) is 0 Å². The van der Waals surface area contributed by atoms with Crippen LogP contribution in [0.3, 0.4) is 0 Å². The number of aldehydes is 1. The molecular formula is C25H25ClN2O4. The number of halogens is 1. The molecule has 0 aliphatic rings. The molecule has 3 aromatic rings. The van der Waals surface area contributed by atoms with E-state index in [9.17, 15) is 14.7 Å². The van der Waals surface area contributed by atoms with E-state index >= 15 is 0 Å². The second kappa shape index (κ2) is 9.49. The molecular weight excluding hydrogens is 428 g/mol. The van der Waals surface area contributed by atoms with Crippen molar-refractivity contribution in [3.63, 3.8) is 0 Å². The number of aromatic hydroxyl groups is 1. The minimum Gasteiger partial charge on any atom is -0.507 e. The second-order valence-corrected chi connectivity index (χ2v) is 9.19. The zero-order chi connectivity index (χ0) is 23.5. The topological polar surface area (TPSA) is 89.4 Å². The average molecular weight is 453 g/mol. The van der Waals surface area contributed by atoms with Gasteiger partial charge in [-0.25, -0.2) is 0 Å². The molecule has 2 aromatic carbocycles. The van der Waals surface area contributed by atoms with E-state index in [2.05, 4.69) is 9.97 Å². The van der Waals surface area contributed by atoms with Crippen molar-refractivity contribution >= 4 is 23.7 Å².